The number of carbonyl (C=O) groups is 1. The number of hydrogen-bond acceptors (Lipinski definition) is 5. The molecule has 0 fully saturated rings. The first kappa shape index (κ1) is 16.6. The van der Waals surface area contributed by atoms with Crippen molar-refractivity contribution in [3.8, 4) is 15.6 Å². The zero-order valence-corrected chi connectivity index (χ0v) is 15.6. The molecule has 4 rings (SSSR count). The Kier molecular flexibility index (Phi) is 4.50. The maximum absolute atomic E-state index is 12.6. The molecule has 0 saturated carbocycles. The number of thiazole rings is 1. The average Bonchev–Trinajstić information content (AvgIpc) is 3.23. The molecule has 1 amide bonds. The first-order valence-electron chi connectivity index (χ1n) is 7.87. The number of carbonyl (C=O) groups excluding carboxylic acids is 1. The first-order chi connectivity index (χ1) is 12.1. The third-order valence-corrected chi connectivity index (χ3v) is 6.51. The van der Waals surface area contributed by atoms with Crippen molar-refractivity contribution < 1.29 is 9.90 Å². The fourth-order valence-electron chi connectivity index (χ4n) is 2.95. The topological polar surface area (TPSA) is 53.4 Å². The maximum Gasteiger partial charge on any atom is 0.228 e. The van der Waals surface area contributed by atoms with Crippen LogP contribution in [0, 0.1) is 0 Å². The minimum atomic E-state index is 0.0649. The Morgan fingerprint density at radius 3 is 2.96 bits per heavy atom. The number of phenolic OH excluding ortho intramolecular Hbond substituents is 1. The third-order valence-electron chi connectivity index (χ3n) is 4.22. The van der Waals surface area contributed by atoms with Gasteiger partial charge in [-0.2, -0.15) is 0 Å². The Balaban J connectivity index is 1.45. The molecule has 3 aromatic rings. The largest absolute Gasteiger partial charge is 0.508 e. The molecule has 25 heavy (non-hydrogen) atoms. The first-order valence-corrected chi connectivity index (χ1v) is 9.94. The van der Waals surface area contributed by atoms with Gasteiger partial charge < -0.3 is 10.0 Å². The van der Waals surface area contributed by atoms with E-state index in [-0.39, 0.29) is 11.7 Å². The van der Waals surface area contributed by atoms with E-state index in [1.165, 1.54) is 28.2 Å². The van der Waals surface area contributed by atoms with Crippen LogP contribution in [0.15, 0.2) is 35.7 Å². The fourth-order valence-corrected chi connectivity index (χ4v) is 4.89. The Labute approximate surface area is 158 Å². The van der Waals surface area contributed by atoms with E-state index in [9.17, 15) is 9.90 Å². The molecule has 0 aliphatic carbocycles. The summed E-state index contributed by atoms with van der Waals surface area (Å²) >= 11 is 8.99. The molecule has 0 radical (unpaired) electrons. The summed E-state index contributed by atoms with van der Waals surface area (Å²) in [5.74, 6) is 0.307. The van der Waals surface area contributed by atoms with Gasteiger partial charge in [-0.05, 0) is 41.8 Å². The lowest BCUT2D eigenvalue weighted by Gasteiger charge is -2.28. The number of rotatable bonds is 3. The Hall–Kier alpha value is -1.89. The van der Waals surface area contributed by atoms with Crippen LogP contribution in [0.2, 0.25) is 4.34 Å². The molecule has 1 aliphatic rings. The highest BCUT2D eigenvalue weighted by atomic mass is 35.5. The number of thiophene rings is 1. The number of halogens is 1. The van der Waals surface area contributed by atoms with Gasteiger partial charge in [0, 0.05) is 18.5 Å². The highest BCUT2D eigenvalue weighted by molar-refractivity contribution is 7.23. The lowest BCUT2D eigenvalue weighted by Crippen LogP contribution is -2.36. The number of aromatic nitrogens is 1. The van der Waals surface area contributed by atoms with Gasteiger partial charge in [0.05, 0.1) is 21.3 Å². The number of phenols is 1. The van der Waals surface area contributed by atoms with Gasteiger partial charge in [0.25, 0.3) is 0 Å². The predicted molar refractivity (Wildman–Crippen MR) is 101 cm³/mol. The van der Waals surface area contributed by atoms with Crippen LogP contribution in [0.4, 0.5) is 0 Å². The molecule has 0 unspecified atom stereocenters. The van der Waals surface area contributed by atoms with Crippen molar-refractivity contribution in [2.24, 2.45) is 0 Å². The van der Waals surface area contributed by atoms with Crippen LogP contribution in [0.1, 0.15) is 16.8 Å². The molecule has 3 heterocycles. The maximum atomic E-state index is 12.6. The van der Waals surface area contributed by atoms with Crippen LogP contribution in [0.3, 0.4) is 0 Å². The number of aromatic hydroxyl groups is 1. The predicted octanol–water partition coefficient (Wildman–Crippen LogP) is 4.36. The number of fused-ring (bicyclic) bond motifs is 1. The second-order valence-electron chi connectivity index (χ2n) is 5.94. The molecule has 0 saturated heterocycles. The molecular formula is C18H15ClN2O2S2. The molecule has 4 nitrogen and oxygen atoms in total. The van der Waals surface area contributed by atoms with Gasteiger partial charge in [-0.3, -0.25) is 4.79 Å². The van der Waals surface area contributed by atoms with E-state index in [1.54, 1.807) is 12.1 Å². The number of nitrogens with zero attached hydrogens (tertiary/aromatic N) is 2. The molecule has 0 bridgehead atoms. The second kappa shape index (κ2) is 6.78. The van der Waals surface area contributed by atoms with Crippen LogP contribution >= 0.6 is 34.3 Å². The van der Waals surface area contributed by atoms with Crippen LogP contribution in [0.25, 0.3) is 9.88 Å². The SMILES string of the molecule is O=C(Cc1csc(-c2ccc(Cl)s2)n1)N1CCc2ccc(O)cc2C1. The summed E-state index contributed by atoms with van der Waals surface area (Å²) in [6.07, 6.45) is 1.11. The number of benzene rings is 1. The quantitative estimate of drug-likeness (QED) is 0.723. The highest BCUT2D eigenvalue weighted by Crippen LogP contribution is 2.33. The summed E-state index contributed by atoms with van der Waals surface area (Å²) in [6, 6.07) is 9.19. The van der Waals surface area contributed by atoms with E-state index in [0.717, 1.165) is 31.9 Å². The Morgan fingerprint density at radius 1 is 1.28 bits per heavy atom. The summed E-state index contributed by atoms with van der Waals surface area (Å²) in [5, 5.41) is 12.5. The monoisotopic (exact) mass is 390 g/mol. The van der Waals surface area contributed by atoms with Crippen LogP contribution < -0.4 is 0 Å². The molecule has 1 aliphatic heterocycles. The van der Waals surface area contributed by atoms with Crippen LogP contribution in [-0.4, -0.2) is 27.4 Å². The van der Waals surface area contributed by atoms with Crippen molar-refractivity contribution in [2.75, 3.05) is 6.54 Å². The standard InChI is InChI=1S/C18H15ClN2O2S2/c19-16-4-3-15(25-16)18-20-13(10-24-18)8-17(23)21-6-5-11-1-2-14(22)7-12(11)9-21/h1-4,7,10,22H,5-6,8-9H2. The normalized spacial score (nSPS) is 13.7. The van der Waals surface area contributed by atoms with E-state index in [4.69, 9.17) is 11.6 Å². The average molecular weight is 391 g/mol. The molecule has 0 atom stereocenters. The number of hydrogen-bond donors (Lipinski definition) is 1. The van der Waals surface area contributed by atoms with Gasteiger partial charge >= 0.3 is 0 Å². The minimum Gasteiger partial charge on any atom is -0.508 e. The summed E-state index contributed by atoms with van der Waals surface area (Å²) in [7, 11) is 0. The zero-order chi connectivity index (χ0) is 17.4. The van der Waals surface area contributed by atoms with Gasteiger partial charge in [0.15, 0.2) is 0 Å². The summed E-state index contributed by atoms with van der Waals surface area (Å²) in [4.78, 5) is 20.1. The smallest absolute Gasteiger partial charge is 0.228 e. The van der Waals surface area contributed by atoms with Crippen molar-refractivity contribution in [1.29, 1.82) is 0 Å². The molecule has 0 spiro atoms. The van der Waals surface area contributed by atoms with Crippen molar-refractivity contribution in [3.63, 3.8) is 0 Å². The lowest BCUT2D eigenvalue weighted by molar-refractivity contribution is -0.131. The van der Waals surface area contributed by atoms with Gasteiger partial charge in [0.2, 0.25) is 5.91 Å². The van der Waals surface area contributed by atoms with Crippen molar-refractivity contribution in [3.05, 3.63) is 56.9 Å². The Morgan fingerprint density at radius 2 is 2.16 bits per heavy atom. The molecule has 128 valence electrons. The van der Waals surface area contributed by atoms with Crippen molar-refractivity contribution in [2.45, 2.75) is 19.4 Å². The lowest BCUT2D eigenvalue weighted by atomic mass is 9.99. The Bertz CT molecular complexity index is 935. The highest BCUT2D eigenvalue weighted by Gasteiger charge is 2.22. The second-order valence-corrected chi connectivity index (χ2v) is 8.52. The van der Waals surface area contributed by atoms with E-state index in [2.05, 4.69) is 4.98 Å². The van der Waals surface area contributed by atoms with E-state index < -0.39 is 0 Å². The summed E-state index contributed by atoms with van der Waals surface area (Å²) in [5.41, 5.74) is 3.01. The van der Waals surface area contributed by atoms with E-state index >= 15 is 0 Å². The summed E-state index contributed by atoms with van der Waals surface area (Å²) < 4.78 is 0.734. The molecule has 2 aromatic heterocycles. The minimum absolute atomic E-state index is 0.0649. The van der Waals surface area contributed by atoms with E-state index in [1.807, 2.05) is 28.5 Å². The number of amides is 1. The fraction of sp³-hybridized carbons (Fsp3) is 0.222. The van der Waals surface area contributed by atoms with Gasteiger partial charge in [0.1, 0.15) is 10.8 Å². The summed E-state index contributed by atoms with van der Waals surface area (Å²) in [6.45, 7) is 1.24. The molecule has 1 aromatic carbocycles. The third kappa shape index (κ3) is 3.56. The van der Waals surface area contributed by atoms with Gasteiger partial charge in [-0.1, -0.05) is 17.7 Å². The van der Waals surface area contributed by atoms with Crippen molar-refractivity contribution in [1.82, 2.24) is 9.88 Å². The van der Waals surface area contributed by atoms with Gasteiger partial charge in [-0.25, -0.2) is 4.98 Å². The zero-order valence-electron chi connectivity index (χ0n) is 13.2. The van der Waals surface area contributed by atoms with Gasteiger partial charge in [-0.15, -0.1) is 22.7 Å². The molecular weight excluding hydrogens is 376 g/mol. The molecule has 1 N–H and O–H groups in total. The van der Waals surface area contributed by atoms with E-state index in [0.29, 0.717) is 19.5 Å². The molecule has 7 heteroatoms. The van der Waals surface area contributed by atoms with Crippen LogP contribution in [0.5, 0.6) is 5.75 Å². The van der Waals surface area contributed by atoms with Crippen molar-refractivity contribution >= 4 is 40.2 Å². The van der Waals surface area contributed by atoms with Crippen LogP contribution in [-0.2, 0) is 24.2 Å².